The molecule has 0 fully saturated rings. The largest absolute Gasteiger partial charge is 0.335 e. The molecule has 1 aromatic heterocycles. The van der Waals surface area contributed by atoms with Crippen LogP contribution < -0.4 is 10.6 Å². The summed E-state index contributed by atoms with van der Waals surface area (Å²) < 4.78 is 46.5. The molecule has 0 atom stereocenters. The Labute approximate surface area is 87.9 Å². The smallest absolute Gasteiger partial charge is 0.270 e. The minimum atomic E-state index is -4.44. The summed E-state index contributed by atoms with van der Waals surface area (Å²) in [4.78, 5) is 13.0. The molecule has 1 aromatic rings. The van der Waals surface area contributed by atoms with Crippen LogP contribution in [-0.2, 0) is 10.0 Å². The highest BCUT2D eigenvalue weighted by atomic mass is 35.5. The van der Waals surface area contributed by atoms with Crippen molar-refractivity contribution in [3.05, 3.63) is 27.0 Å². The molecule has 0 radical (unpaired) electrons. The zero-order valence-corrected chi connectivity index (χ0v) is 8.57. The van der Waals surface area contributed by atoms with Crippen molar-refractivity contribution < 1.29 is 17.2 Å². The number of aromatic nitrogens is 1. The first kappa shape index (κ1) is 12.1. The second-order valence-corrected chi connectivity index (χ2v) is 4.48. The van der Waals surface area contributed by atoms with E-state index in [2.05, 4.69) is 5.14 Å². The van der Waals surface area contributed by atoms with Crippen molar-refractivity contribution in [2.75, 3.05) is 0 Å². The van der Waals surface area contributed by atoms with Crippen LogP contribution in [0.2, 0.25) is 5.15 Å². The Hall–Kier alpha value is -0.990. The molecule has 0 amide bonds. The molecule has 15 heavy (non-hydrogen) atoms. The summed E-state index contributed by atoms with van der Waals surface area (Å²) in [6, 6.07) is 0.651. The minimum Gasteiger partial charge on any atom is -0.335 e. The van der Waals surface area contributed by atoms with Crippen LogP contribution in [0.1, 0.15) is 12.0 Å². The van der Waals surface area contributed by atoms with Gasteiger partial charge in [0.05, 0.1) is 0 Å². The van der Waals surface area contributed by atoms with Gasteiger partial charge in [-0.2, -0.15) is 0 Å². The van der Waals surface area contributed by atoms with E-state index in [4.69, 9.17) is 11.6 Å². The number of hydrogen-bond donors (Lipinski definition) is 2. The molecule has 0 aliphatic carbocycles. The minimum absolute atomic E-state index is 0.381. The molecular formula is C6H5ClF2N2O3S. The Balaban J connectivity index is 3.70. The van der Waals surface area contributed by atoms with Crippen LogP contribution in [0.5, 0.6) is 0 Å². The first-order valence-electron chi connectivity index (χ1n) is 3.47. The molecule has 0 aliphatic rings. The van der Waals surface area contributed by atoms with Gasteiger partial charge in [0.15, 0.2) is 10.5 Å². The predicted molar refractivity (Wildman–Crippen MR) is 48.4 cm³/mol. The highest BCUT2D eigenvalue weighted by Gasteiger charge is 2.25. The van der Waals surface area contributed by atoms with Crippen LogP contribution in [0.4, 0.5) is 8.78 Å². The van der Waals surface area contributed by atoms with Crippen molar-refractivity contribution in [3.63, 3.8) is 0 Å². The highest BCUT2D eigenvalue weighted by Crippen LogP contribution is 2.21. The first-order chi connectivity index (χ1) is 6.73. The fraction of sp³-hybridized carbons (Fsp3) is 0.167. The molecule has 0 bridgehead atoms. The lowest BCUT2D eigenvalue weighted by atomic mass is 10.3. The van der Waals surface area contributed by atoms with Gasteiger partial charge in [0.1, 0.15) is 10.7 Å². The topological polar surface area (TPSA) is 93.0 Å². The third-order valence-electron chi connectivity index (χ3n) is 1.50. The molecule has 1 rings (SSSR count). The Morgan fingerprint density at radius 3 is 2.40 bits per heavy atom. The quantitative estimate of drug-likeness (QED) is 0.761. The summed E-state index contributed by atoms with van der Waals surface area (Å²) in [6.45, 7) is 0. The molecule has 0 aliphatic heterocycles. The van der Waals surface area contributed by atoms with Gasteiger partial charge in [-0.15, -0.1) is 0 Å². The van der Waals surface area contributed by atoms with Crippen LogP contribution in [0.15, 0.2) is 15.9 Å². The molecule has 9 heteroatoms. The van der Waals surface area contributed by atoms with E-state index in [1.165, 1.54) is 0 Å². The Morgan fingerprint density at radius 2 is 2.00 bits per heavy atom. The molecule has 0 saturated heterocycles. The number of rotatable bonds is 2. The third-order valence-corrected chi connectivity index (χ3v) is 2.60. The fourth-order valence-electron chi connectivity index (χ4n) is 0.948. The summed E-state index contributed by atoms with van der Waals surface area (Å²) in [5.74, 6) is 0. The molecule has 84 valence electrons. The van der Waals surface area contributed by atoms with Crippen molar-refractivity contribution in [2.24, 2.45) is 5.14 Å². The van der Waals surface area contributed by atoms with Crippen molar-refractivity contribution in [3.8, 4) is 0 Å². The number of hydrogen-bond acceptors (Lipinski definition) is 3. The van der Waals surface area contributed by atoms with Gasteiger partial charge in [-0.3, -0.25) is 4.79 Å². The zero-order chi connectivity index (χ0) is 11.8. The van der Waals surface area contributed by atoms with Crippen molar-refractivity contribution in [2.45, 2.75) is 11.5 Å². The first-order valence-corrected chi connectivity index (χ1v) is 5.39. The number of nitrogens with one attached hydrogen (secondary N) is 1. The second-order valence-electron chi connectivity index (χ2n) is 2.57. The molecule has 1 heterocycles. The highest BCUT2D eigenvalue weighted by molar-refractivity contribution is 7.89. The monoisotopic (exact) mass is 258 g/mol. The van der Waals surface area contributed by atoms with Gasteiger partial charge in [0.2, 0.25) is 0 Å². The maximum absolute atomic E-state index is 12.4. The van der Waals surface area contributed by atoms with E-state index in [0.717, 1.165) is 0 Å². The number of H-pyrrole nitrogens is 1. The van der Waals surface area contributed by atoms with E-state index in [0.29, 0.717) is 6.07 Å². The Kier molecular flexibility index (Phi) is 3.12. The molecule has 0 spiro atoms. The Bertz CT molecular complexity index is 540. The zero-order valence-electron chi connectivity index (χ0n) is 7.00. The summed E-state index contributed by atoms with van der Waals surface area (Å²) >= 11 is 5.31. The molecule has 0 saturated carbocycles. The number of pyridine rings is 1. The second kappa shape index (κ2) is 3.87. The maximum Gasteiger partial charge on any atom is 0.270 e. The van der Waals surface area contributed by atoms with Gasteiger partial charge < -0.3 is 4.98 Å². The van der Waals surface area contributed by atoms with E-state index in [1.54, 1.807) is 0 Å². The average molecular weight is 259 g/mol. The Morgan fingerprint density at radius 1 is 1.47 bits per heavy atom. The summed E-state index contributed by atoms with van der Waals surface area (Å²) in [5, 5.41) is 3.20. The molecule has 0 unspecified atom stereocenters. The molecule has 0 aromatic carbocycles. The number of halogens is 3. The maximum atomic E-state index is 12.4. The lowest BCUT2D eigenvalue weighted by molar-refractivity contribution is 0.145. The standard InChI is InChI=1S/C6H5ClF2N2O3S/c7-3-1-2(12)4(5(8)9)6(11-3)15(10,13)14/h1,5H,(H,11,12)(H2,10,13,14). The van der Waals surface area contributed by atoms with Crippen molar-refractivity contribution >= 4 is 21.6 Å². The van der Waals surface area contributed by atoms with Crippen LogP contribution >= 0.6 is 11.6 Å². The van der Waals surface area contributed by atoms with Gasteiger partial charge in [0.25, 0.3) is 16.4 Å². The van der Waals surface area contributed by atoms with E-state index in [-0.39, 0.29) is 5.15 Å². The third kappa shape index (κ3) is 2.52. The lowest BCUT2D eigenvalue weighted by Gasteiger charge is -2.06. The van der Waals surface area contributed by atoms with Crippen molar-refractivity contribution in [1.82, 2.24) is 4.98 Å². The SMILES string of the molecule is NS(=O)(=O)c1[nH]c(Cl)cc(=O)c1C(F)F. The number of aromatic amines is 1. The number of sulfonamides is 1. The summed E-state index contributed by atoms with van der Waals surface area (Å²) in [7, 11) is -4.44. The van der Waals surface area contributed by atoms with E-state index < -0.39 is 32.5 Å². The van der Waals surface area contributed by atoms with E-state index in [9.17, 15) is 22.0 Å². The van der Waals surface area contributed by atoms with Crippen molar-refractivity contribution in [1.29, 1.82) is 0 Å². The molecule has 5 nitrogen and oxygen atoms in total. The molecule has 3 N–H and O–H groups in total. The van der Waals surface area contributed by atoms with Crippen LogP contribution in [0.3, 0.4) is 0 Å². The number of primary sulfonamides is 1. The fourth-order valence-corrected chi connectivity index (χ4v) is 1.95. The van der Waals surface area contributed by atoms with Gasteiger partial charge in [-0.1, -0.05) is 11.6 Å². The van der Waals surface area contributed by atoms with E-state index >= 15 is 0 Å². The van der Waals surface area contributed by atoms with Crippen LogP contribution in [-0.4, -0.2) is 13.4 Å². The average Bonchev–Trinajstić information content (AvgIpc) is 1.99. The van der Waals surface area contributed by atoms with Gasteiger partial charge in [0, 0.05) is 6.07 Å². The van der Waals surface area contributed by atoms with Crippen LogP contribution in [0, 0.1) is 0 Å². The molecular weight excluding hydrogens is 254 g/mol. The van der Waals surface area contributed by atoms with Gasteiger partial charge in [-0.05, 0) is 0 Å². The van der Waals surface area contributed by atoms with Gasteiger partial charge in [-0.25, -0.2) is 22.3 Å². The summed E-state index contributed by atoms with van der Waals surface area (Å²) in [6.07, 6.45) is -3.25. The summed E-state index contributed by atoms with van der Waals surface area (Å²) in [5.41, 5.74) is -2.39. The normalized spacial score (nSPS) is 12.1. The number of nitrogens with two attached hydrogens (primary N) is 1. The number of alkyl halides is 2. The van der Waals surface area contributed by atoms with E-state index in [1.807, 2.05) is 4.98 Å². The predicted octanol–water partition coefficient (Wildman–Crippen LogP) is 0.613. The van der Waals surface area contributed by atoms with Crippen LogP contribution in [0.25, 0.3) is 0 Å². The lowest BCUT2D eigenvalue weighted by Crippen LogP contribution is -2.22. The van der Waals surface area contributed by atoms with Gasteiger partial charge >= 0.3 is 0 Å².